The van der Waals surface area contributed by atoms with Crippen molar-refractivity contribution in [3.63, 3.8) is 0 Å². The molecule has 0 spiro atoms. The number of hydrogen-bond acceptors (Lipinski definition) is 5. The molecule has 6 N–H and O–H groups in total. The summed E-state index contributed by atoms with van der Waals surface area (Å²) in [5.41, 5.74) is 2.19. The van der Waals surface area contributed by atoms with E-state index in [9.17, 15) is 88.6 Å². The van der Waals surface area contributed by atoms with E-state index in [0.29, 0.717) is 28.8 Å². The van der Waals surface area contributed by atoms with Crippen molar-refractivity contribution in [2.75, 3.05) is 13.1 Å². The van der Waals surface area contributed by atoms with Gasteiger partial charge in [-0.3, -0.25) is 0 Å². The third-order valence-corrected chi connectivity index (χ3v) is 12.5. The van der Waals surface area contributed by atoms with Gasteiger partial charge in [-0.25, -0.2) is 27.2 Å². The number of nitrogens with one attached hydrogen (secondary N) is 4. The van der Waals surface area contributed by atoms with Gasteiger partial charge in [-0.1, -0.05) is 105 Å². The Morgan fingerprint density at radius 1 is 0.494 bits per heavy atom. The third-order valence-electron chi connectivity index (χ3n) is 12.5. The maximum Gasteiger partial charge on any atom is 0.461 e. The van der Waals surface area contributed by atoms with Crippen molar-refractivity contribution >= 4 is 12.1 Å². The van der Waals surface area contributed by atoms with Crippen LogP contribution in [0, 0.1) is 23.3 Å². The molecule has 27 heteroatoms. The Balaban J connectivity index is 0.000000324. The number of ether oxygens (including phenoxy) is 2. The van der Waals surface area contributed by atoms with Crippen LogP contribution in [0.1, 0.15) is 79.3 Å². The van der Waals surface area contributed by atoms with E-state index in [4.69, 9.17) is 0 Å². The molecule has 85 heavy (non-hydrogen) atoms. The Kier molecular flexibility index (Phi) is 24.8. The minimum Gasteiger partial charge on any atom is -0.428 e. The summed E-state index contributed by atoms with van der Waals surface area (Å²) < 4.78 is 242. The molecule has 1 aliphatic rings. The lowest BCUT2D eigenvalue weighted by atomic mass is 9.77. The summed E-state index contributed by atoms with van der Waals surface area (Å²) in [6.07, 6.45) is -26.0. The van der Waals surface area contributed by atoms with Crippen LogP contribution in [-0.4, -0.2) is 68.6 Å². The van der Waals surface area contributed by atoms with Gasteiger partial charge in [0.05, 0.1) is 23.9 Å². The molecule has 4 amide bonds. The molecule has 7 rings (SSSR count). The van der Waals surface area contributed by atoms with E-state index in [1.165, 1.54) is 24.3 Å². The van der Waals surface area contributed by atoms with Crippen LogP contribution in [0.2, 0.25) is 0 Å². The van der Waals surface area contributed by atoms with E-state index in [1.54, 1.807) is 60.7 Å². The van der Waals surface area contributed by atoms with Crippen molar-refractivity contribution in [2.45, 2.75) is 113 Å². The smallest absolute Gasteiger partial charge is 0.428 e. The summed E-state index contributed by atoms with van der Waals surface area (Å²) in [7, 11) is 0. The van der Waals surface area contributed by atoms with Gasteiger partial charge in [-0.2, -0.15) is 61.5 Å². The molecule has 0 heterocycles. The molecule has 6 aromatic carbocycles. The van der Waals surface area contributed by atoms with Crippen LogP contribution < -0.4 is 36.5 Å². The number of hydrogen-bond donors (Lipinski definition) is 5. The molecular weight excluding hydrogens is 1170 g/mol. The molecule has 0 unspecified atom stereocenters. The van der Waals surface area contributed by atoms with Crippen molar-refractivity contribution in [3.8, 4) is 11.5 Å². The first-order valence-corrected chi connectivity index (χ1v) is 25.2. The highest BCUT2D eigenvalue weighted by Gasteiger charge is 2.47. The zero-order valence-electron chi connectivity index (χ0n) is 43.7. The number of rotatable bonds is 20. The predicted molar refractivity (Wildman–Crippen MR) is 278 cm³/mol. The Hall–Kier alpha value is -7.84. The van der Waals surface area contributed by atoms with Crippen LogP contribution >= 0.6 is 0 Å². The first kappa shape index (κ1) is 69.7. The van der Waals surface area contributed by atoms with E-state index >= 15 is 0 Å². The van der Waals surface area contributed by atoms with E-state index in [1.807, 2.05) is 5.32 Å². The molecule has 9 nitrogen and oxygen atoms in total. The van der Waals surface area contributed by atoms with Crippen LogP contribution in [0.4, 0.5) is 88.6 Å². The lowest BCUT2D eigenvalue weighted by molar-refractivity contribution is -0.253. The van der Waals surface area contributed by atoms with Gasteiger partial charge < -0.3 is 36.5 Å². The Bertz CT molecular complexity index is 3030. The van der Waals surface area contributed by atoms with E-state index in [0.717, 1.165) is 74.2 Å². The largest absolute Gasteiger partial charge is 0.461 e. The van der Waals surface area contributed by atoms with Crippen LogP contribution in [0.3, 0.4) is 0 Å². The Morgan fingerprint density at radius 2 is 0.871 bits per heavy atom. The number of halogens is 18. The molecule has 2 atom stereocenters. The van der Waals surface area contributed by atoms with Gasteiger partial charge in [0.25, 0.3) is 0 Å². The van der Waals surface area contributed by atoms with Crippen LogP contribution in [-0.2, 0) is 23.9 Å². The second-order valence-corrected chi connectivity index (χ2v) is 18.9. The normalized spacial score (nSPS) is 14.3. The van der Waals surface area contributed by atoms with Crippen LogP contribution in [0.15, 0.2) is 146 Å². The highest BCUT2D eigenvalue weighted by molar-refractivity contribution is 5.77. The zero-order valence-corrected chi connectivity index (χ0v) is 43.7. The standard InChI is InChI=1S/C28H26F6N2O2.C26H21F9N2O2.C3H6F3N.CH4/c29-21-12-10-19(11-13-21)27(17-18-6-2-1-3-7-18,36-26(37)35-23-8-4-5-9-23)20-14-22(30)16-24(15-20)38-28(33,34)25(31)32;27-19-8-6-17(7-9-19)24(15-16-4-2-1-3-5-16,37-23(38)36-11-10-25(31,32)33)18-12-20(28)14-21(13-18)39-26(34,35)22(29)30;4-3(5,6)1-2-7;/h1-3,6-7,10-16,23,25H,4-5,8-9,17H2,(H2,35,36,37);1-9,12-14,22H,10-11,15H2,(H2,36,37,38);1-2,7H2;1H4/t27-;24-;;/m11../s1. The summed E-state index contributed by atoms with van der Waals surface area (Å²) in [5.74, 6) is -5.43. The van der Waals surface area contributed by atoms with Gasteiger partial charge in [0, 0.05) is 44.1 Å². The van der Waals surface area contributed by atoms with Gasteiger partial charge in [-0.15, -0.1) is 0 Å². The summed E-state index contributed by atoms with van der Waals surface area (Å²) in [6.45, 7) is -1.15. The molecule has 0 saturated heterocycles. The SMILES string of the molecule is C.NCCC(F)(F)F.O=C(NC1CCCC1)N[C@](Cc1ccccc1)(c1ccc(F)cc1)c1cc(F)cc(OC(F)(F)C(F)F)c1.O=C(NCCC(F)(F)F)N[C@](Cc1ccccc1)(c1ccc(F)cc1)c1cc(F)cc(OC(F)(F)C(F)F)c1. The number of amides is 4. The molecule has 0 radical (unpaired) electrons. The number of carbonyl (C=O) groups is 2. The Labute approximate surface area is 476 Å². The summed E-state index contributed by atoms with van der Waals surface area (Å²) in [6, 6.07) is 28.9. The minimum absolute atomic E-state index is 0. The fourth-order valence-corrected chi connectivity index (χ4v) is 8.74. The number of alkyl halides is 14. The van der Waals surface area contributed by atoms with Crippen molar-refractivity contribution in [3.05, 3.63) is 202 Å². The third kappa shape index (κ3) is 21.3. The van der Waals surface area contributed by atoms with Gasteiger partial charge in [0.15, 0.2) is 0 Å². The maximum atomic E-state index is 14.8. The highest BCUT2D eigenvalue weighted by atomic mass is 19.4. The predicted octanol–water partition coefficient (Wildman–Crippen LogP) is 15.4. The van der Waals surface area contributed by atoms with Crippen molar-refractivity contribution < 1.29 is 98.1 Å². The summed E-state index contributed by atoms with van der Waals surface area (Å²) in [4.78, 5) is 26.1. The molecule has 6 aromatic rings. The molecule has 464 valence electrons. The van der Waals surface area contributed by atoms with E-state index < -0.39 is 115 Å². The molecule has 0 aliphatic heterocycles. The Morgan fingerprint density at radius 3 is 1.21 bits per heavy atom. The fraction of sp³-hybridized carbons (Fsp3) is 0.345. The van der Waals surface area contributed by atoms with Gasteiger partial charge in [0.1, 0.15) is 34.8 Å². The van der Waals surface area contributed by atoms with Gasteiger partial charge in [0.2, 0.25) is 0 Å². The number of urea groups is 2. The minimum atomic E-state index is -4.99. The van der Waals surface area contributed by atoms with Gasteiger partial charge >= 0.3 is 49.5 Å². The summed E-state index contributed by atoms with van der Waals surface area (Å²) >= 11 is 0. The number of carbonyl (C=O) groups excluding carboxylic acids is 2. The quantitative estimate of drug-likeness (QED) is 0.0487. The van der Waals surface area contributed by atoms with Crippen LogP contribution in [0.5, 0.6) is 11.5 Å². The average Bonchev–Trinajstić information content (AvgIpc) is 1.27. The molecule has 0 aromatic heterocycles. The fourth-order valence-electron chi connectivity index (χ4n) is 8.74. The monoisotopic (exact) mass is 1230 g/mol. The number of benzene rings is 6. The maximum absolute atomic E-state index is 14.8. The molecule has 0 bridgehead atoms. The molecule has 1 fully saturated rings. The lowest BCUT2D eigenvalue weighted by Gasteiger charge is -2.37. The van der Waals surface area contributed by atoms with E-state index in [2.05, 4.69) is 31.2 Å². The first-order valence-electron chi connectivity index (χ1n) is 25.2. The topological polar surface area (TPSA) is 127 Å². The second kappa shape index (κ2) is 30.3. The summed E-state index contributed by atoms with van der Waals surface area (Å²) in [5, 5.41) is 10.2. The first-order chi connectivity index (χ1) is 39.3. The highest BCUT2D eigenvalue weighted by Crippen LogP contribution is 2.40. The van der Waals surface area contributed by atoms with Crippen molar-refractivity contribution in [2.24, 2.45) is 5.73 Å². The average molecular weight is 1230 g/mol. The molecular formula is C58H57F18N5O4. The lowest BCUT2D eigenvalue weighted by Crippen LogP contribution is -2.53. The van der Waals surface area contributed by atoms with Crippen molar-refractivity contribution in [1.82, 2.24) is 21.3 Å². The van der Waals surface area contributed by atoms with E-state index in [-0.39, 0.29) is 49.5 Å². The second-order valence-electron chi connectivity index (χ2n) is 18.9. The van der Waals surface area contributed by atoms with Gasteiger partial charge in [-0.05, 0) is 94.8 Å². The molecule has 1 saturated carbocycles. The number of nitrogens with two attached hydrogens (primary N) is 1. The van der Waals surface area contributed by atoms with Crippen molar-refractivity contribution in [1.29, 1.82) is 0 Å². The van der Waals surface area contributed by atoms with Crippen LogP contribution in [0.25, 0.3) is 0 Å². The molecule has 1 aliphatic carbocycles. The zero-order chi connectivity index (χ0) is 62.1.